The molecule has 1 aromatic carbocycles. The minimum absolute atomic E-state index is 0.00516. The number of hydrogen-bond donors (Lipinski definition) is 2. The van der Waals surface area contributed by atoms with Crippen molar-refractivity contribution in [2.45, 2.75) is 6.18 Å². The van der Waals surface area contributed by atoms with E-state index < -0.39 is 23.6 Å². The fraction of sp³-hybridized carbons (Fsp3) is 0.0588. The predicted molar refractivity (Wildman–Crippen MR) is 93.7 cm³/mol. The number of nitrogens with zero attached hydrogens (tertiary/aromatic N) is 2. The zero-order valence-corrected chi connectivity index (χ0v) is 14.3. The third-order valence-corrected chi connectivity index (χ3v) is 4.28. The van der Waals surface area contributed by atoms with E-state index in [0.717, 1.165) is 23.5 Å². The van der Waals surface area contributed by atoms with Crippen LogP contribution >= 0.6 is 11.3 Å². The number of halogens is 3. The highest BCUT2D eigenvalue weighted by molar-refractivity contribution is 7.12. The Hall–Kier alpha value is -3.27. The Bertz CT molecular complexity index is 974. The van der Waals surface area contributed by atoms with Gasteiger partial charge in [0.15, 0.2) is 0 Å². The number of aromatic nitrogens is 2. The number of carbonyl (C=O) groups is 2. The summed E-state index contributed by atoms with van der Waals surface area (Å²) in [5, 5.41) is 6.52. The van der Waals surface area contributed by atoms with Crippen LogP contribution in [0.5, 0.6) is 0 Å². The Morgan fingerprint density at radius 2 is 1.85 bits per heavy atom. The fourth-order valence-electron chi connectivity index (χ4n) is 2.15. The Morgan fingerprint density at radius 1 is 1.04 bits per heavy atom. The average molecular weight is 392 g/mol. The predicted octanol–water partition coefficient (Wildman–Crippen LogP) is 4.06. The highest BCUT2D eigenvalue weighted by Crippen LogP contribution is 2.31. The lowest BCUT2D eigenvalue weighted by Gasteiger charge is -2.10. The summed E-state index contributed by atoms with van der Waals surface area (Å²) in [4.78, 5) is 32.3. The average Bonchev–Trinajstić information content (AvgIpc) is 3.10. The molecule has 0 unspecified atom stereocenters. The lowest BCUT2D eigenvalue weighted by molar-refractivity contribution is -0.137. The molecule has 0 aliphatic rings. The maximum atomic E-state index is 12.8. The second kappa shape index (κ2) is 7.54. The summed E-state index contributed by atoms with van der Waals surface area (Å²) >= 11 is 1.04. The Kier molecular flexibility index (Phi) is 5.17. The largest absolute Gasteiger partial charge is 0.416 e. The van der Waals surface area contributed by atoms with Crippen molar-refractivity contribution in [2.75, 3.05) is 10.6 Å². The lowest BCUT2D eigenvalue weighted by Crippen LogP contribution is -2.17. The fourth-order valence-corrected chi connectivity index (χ4v) is 2.89. The number of nitrogens with one attached hydrogen (secondary N) is 2. The van der Waals surface area contributed by atoms with Gasteiger partial charge in [-0.05, 0) is 29.6 Å². The minimum Gasteiger partial charge on any atom is -0.321 e. The van der Waals surface area contributed by atoms with Crippen molar-refractivity contribution in [3.63, 3.8) is 0 Å². The van der Waals surface area contributed by atoms with Crippen molar-refractivity contribution in [3.8, 4) is 0 Å². The summed E-state index contributed by atoms with van der Waals surface area (Å²) in [6.07, 6.45) is -0.483. The number of alkyl halides is 3. The van der Waals surface area contributed by atoms with Crippen LogP contribution in [0.3, 0.4) is 0 Å². The van der Waals surface area contributed by atoms with E-state index >= 15 is 0 Å². The summed E-state index contributed by atoms with van der Waals surface area (Å²) in [6.45, 7) is 0. The molecule has 0 fully saturated rings. The highest BCUT2D eigenvalue weighted by atomic mass is 32.1. The van der Waals surface area contributed by atoms with Crippen molar-refractivity contribution in [3.05, 3.63) is 70.4 Å². The van der Waals surface area contributed by atoms with Gasteiger partial charge in [-0.2, -0.15) is 13.2 Å². The molecule has 0 saturated carbocycles. The van der Waals surface area contributed by atoms with Gasteiger partial charge in [0.05, 0.1) is 17.4 Å². The van der Waals surface area contributed by atoms with Crippen LogP contribution in [0.1, 0.15) is 25.7 Å². The van der Waals surface area contributed by atoms with Crippen LogP contribution < -0.4 is 10.6 Å². The molecule has 0 spiro atoms. The van der Waals surface area contributed by atoms with Gasteiger partial charge in [0.2, 0.25) is 0 Å². The van der Waals surface area contributed by atoms with Crippen LogP contribution in [0.25, 0.3) is 0 Å². The van der Waals surface area contributed by atoms with Crippen molar-refractivity contribution in [1.29, 1.82) is 0 Å². The molecular weight excluding hydrogens is 381 g/mol. The molecule has 0 aliphatic carbocycles. The van der Waals surface area contributed by atoms with Gasteiger partial charge in [0, 0.05) is 18.1 Å². The number of benzene rings is 1. The molecule has 3 rings (SSSR count). The number of thiophene rings is 1. The summed E-state index contributed by atoms with van der Waals surface area (Å²) in [5.41, 5.74) is -0.592. The highest BCUT2D eigenvalue weighted by Gasteiger charge is 2.30. The molecule has 2 aromatic heterocycles. The number of carbonyl (C=O) groups excluding carboxylic acids is 2. The Labute approximate surface area is 155 Å². The zero-order chi connectivity index (χ0) is 19.4. The maximum absolute atomic E-state index is 12.8. The van der Waals surface area contributed by atoms with Gasteiger partial charge >= 0.3 is 6.18 Å². The topological polar surface area (TPSA) is 84.0 Å². The van der Waals surface area contributed by atoms with E-state index in [1.807, 2.05) is 0 Å². The van der Waals surface area contributed by atoms with Crippen LogP contribution in [0, 0.1) is 0 Å². The molecule has 0 saturated heterocycles. The van der Waals surface area contributed by atoms with Gasteiger partial charge in [-0.3, -0.25) is 14.6 Å². The summed E-state index contributed by atoms with van der Waals surface area (Å²) in [7, 11) is 0. The first-order valence-electron chi connectivity index (χ1n) is 7.48. The molecule has 2 amide bonds. The third-order valence-electron chi connectivity index (χ3n) is 3.36. The molecule has 0 atom stereocenters. The van der Waals surface area contributed by atoms with Crippen LogP contribution in [-0.2, 0) is 6.18 Å². The van der Waals surface area contributed by atoms with Crippen LogP contribution in [0.2, 0.25) is 0 Å². The van der Waals surface area contributed by atoms with E-state index in [0.29, 0.717) is 0 Å². The van der Waals surface area contributed by atoms with Crippen molar-refractivity contribution >= 4 is 34.5 Å². The lowest BCUT2D eigenvalue weighted by atomic mass is 10.2. The number of rotatable bonds is 4. The molecule has 3 aromatic rings. The minimum atomic E-state index is -4.51. The Morgan fingerprint density at radius 3 is 2.56 bits per heavy atom. The molecule has 2 N–H and O–H groups in total. The first-order valence-corrected chi connectivity index (χ1v) is 8.36. The van der Waals surface area contributed by atoms with E-state index in [-0.39, 0.29) is 21.9 Å². The van der Waals surface area contributed by atoms with Crippen LogP contribution in [0.4, 0.5) is 24.5 Å². The molecule has 0 aliphatic heterocycles. The molecule has 0 bridgehead atoms. The first-order chi connectivity index (χ1) is 12.8. The number of anilines is 2. The van der Waals surface area contributed by atoms with Gasteiger partial charge in [-0.15, -0.1) is 11.3 Å². The van der Waals surface area contributed by atoms with Crippen molar-refractivity contribution in [2.24, 2.45) is 0 Å². The van der Waals surface area contributed by atoms with Gasteiger partial charge in [0.1, 0.15) is 10.6 Å². The summed E-state index contributed by atoms with van der Waals surface area (Å²) < 4.78 is 38.3. The zero-order valence-electron chi connectivity index (χ0n) is 13.4. The van der Waals surface area contributed by atoms with Crippen molar-refractivity contribution in [1.82, 2.24) is 9.97 Å². The molecule has 10 heteroatoms. The first kappa shape index (κ1) is 18.5. The van der Waals surface area contributed by atoms with E-state index in [4.69, 9.17) is 0 Å². The van der Waals surface area contributed by atoms with Crippen LogP contribution in [0.15, 0.2) is 54.3 Å². The second-order valence-corrected chi connectivity index (χ2v) is 6.16. The SMILES string of the molecule is O=C(Nc1ccsc1C(=O)Nc1cccc(C(F)(F)F)c1)c1cnccn1. The molecule has 0 radical (unpaired) electrons. The van der Waals surface area contributed by atoms with Crippen molar-refractivity contribution < 1.29 is 22.8 Å². The van der Waals surface area contributed by atoms with E-state index in [2.05, 4.69) is 20.6 Å². The van der Waals surface area contributed by atoms with Gasteiger partial charge < -0.3 is 10.6 Å². The van der Waals surface area contributed by atoms with Gasteiger partial charge in [-0.25, -0.2) is 4.98 Å². The monoisotopic (exact) mass is 392 g/mol. The molecule has 6 nitrogen and oxygen atoms in total. The quantitative estimate of drug-likeness (QED) is 0.701. The summed E-state index contributed by atoms with van der Waals surface area (Å²) in [6, 6.07) is 5.80. The molecular formula is C17H11F3N4O2S. The maximum Gasteiger partial charge on any atom is 0.416 e. The van der Waals surface area contributed by atoms with E-state index in [1.165, 1.54) is 36.8 Å². The van der Waals surface area contributed by atoms with E-state index in [9.17, 15) is 22.8 Å². The van der Waals surface area contributed by atoms with Gasteiger partial charge in [-0.1, -0.05) is 6.07 Å². The number of hydrogen-bond acceptors (Lipinski definition) is 5. The third kappa shape index (κ3) is 4.47. The molecule has 2 heterocycles. The van der Waals surface area contributed by atoms with Gasteiger partial charge in [0.25, 0.3) is 11.8 Å². The second-order valence-electron chi connectivity index (χ2n) is 5.24. The number of amides is 2. The summed E-state index contributed by atoms with van der Waals surface area (Å²) in [5.74, 6) is -1.20. The normalized spacial score (nSPS) is 11.1. The molecule has 138 valence electrons. The smallest absolute Gasteiger partial charge is 0.321 e. The van der Waals surface area contributed by atoms with E-state index in [1.54, 1.807) is 5.38 Å². The Balaban J connectivity index is 1.76. The standard InChI is InChI=1S/C17H11F3N4O2S/c18-17(19,20)10-2-1-3-11(8-10)23-16(26)14-12(4-7-27-14)24-15(25)13-9-21-5-6-22-13/h1-9H,(H,23,26)(H,24,25). The molecule has 27 heavy (non-hydrogen) atoms. The van der Waals surface area contributed by atoms with Crippen LogP contribution in [-0.4, -0.2) is 21.8 Å².